The third-order valence-corrected chi connectivity index (χ3v) is 3.87. The number of phenolic OH excluding ortho intramolecular Hbond substituents is 1. The second-order valence-electron chi connectivity index (χ2n) is 4.10. The average molecular weight is 288 g/mol. The summed E-state index contributed by atoms with van der Waals surface area (Å²) >= 11 is 7.56. The van der Waals surface area contributed by atoms with Crippen LogP contribution in [-0.2, 0) is 0 Å². The van der Waals surface area contributed by atoms with Gasteiger partial charge in [-0.2, -0.15) is 0 Å². The first-order valence-electron chi connectivity index (χ1n) is 5.73. The number of rotatable bonds is 2. The van der Waals surface area contributed by atoms with Crippen molar-refractivity contribution >= 4 is 22.9 Å². The van der Waals surface area contributed by atoms with Gasteiger partial charge in [0.2, 0.25) is 0 Å². The maximum Gasteiger partial charge on any atom is 0.124 e. The van der Waals surface area contributed by atoms with E-state index in [0.29, 0.717) is 5.02 Å². The van der Waals surface area contributed by atoms with E-state index >= 15 is 0 Å². The molecular formula is C15H10ClNOS. The third-order valence-electron chi connectivity index (χ3n) is 2.74. The lowest BCUT2D eigenvalue weighted by atomic mass is 10.2. The number of thiazole rings is 1. The van der Waals surface area contributed by atoms with E-state index < -0.39 is 0 Å². The molecule has 2 nitrogen and oxygen atoms in total. The van der Waals surface area contributed by atoms with Crippen LogP contribution in [0.4, 0.5) is 0 Å². The second-order valence-corrected chi connectivity index (χ2v) is 5.39. The lowest BCUT2D eigenvalue weighted by molar-refractivity contribution is 0.475. The predicted octanol–water partition coefficient (Wildman–Crippen LogP) is 4.84. The van der Waals surface area contributed by atoms with Crippen molar-refractivity contribution < 1.29 is 5.11 Å². The molecule has 1 N–H and O–H groups in total. The third kappa shape index (κ3) is 2.62. The van der Waals surface area contributed by atoms with Crippen LogP contribution in [0.3, 0.4) is 0 Å². The first kappa shape index (κ1) is 12.2. The van der Waals surface area contributed by atoms with Gasteiger partial charge in [0.05, 0.1) is 5.69 Å². The number of benzene rings is 2. The minimum Gasteiger partial charge on any atom is -0.508 e. The second kappa shape index (κ2) is 5.03. The number of aromatic hydroxyl groups is 1. The SMILES string of the molecule is Oc1ccc(-c2nc(-c3cccc(Cl)c3)cs2)cc1. The van der Waals surface area contributed by atoms with Crippen molar-refractivity contribution in [3.8, 4) is 27.6 Å². The summed E-state index contributed by atoms with van der Waals surface area (Å²) in [6, 6.07) is 14.7. The summed E-state index contributed by atoms with van der Waals surface area (Å²) in [6.45, 7) is 0. The van der Waals surface area contributed by atoms with Gasteiger partial charge >= 0.3 is 0 Å². The van der Waals surface area contributed by atoms with E-state index in [1.54, 1.807) is 23.5 Å². The lowest BCUT2D eigenvalue weighted by Crippen LogP contribution is -1.79. The van der Waals surface area contributed by atoms with E-state index in [2.05, 4.69) is 4.98 Å². The molecule has 0 aliphatic carbocycles. The van der Waals surface area contributed by atoms with Gasteiger partial charge in [0.25, 0.3) is 0 Å². The molecule has 3 rings (SSSR count). The fraction of sp³-hybridized carbons (Fsp3) is 0. The Morgan fingerprint density at radius 2 is 1.79 bits per heavy atom. The summed E-state index contributed by atoms with van der Waals surface area (Å²) < 4.78 is 0. The van der Waals surface area contributed by atoms with E-state index in [0.717, 1.165) is 21.8 Å². The topological polar surface area (TPSA) is 33.1 Å². The Kier molecular flexibility index (Phi) is 3.23. The average Bonchev–Trinajstić information content (AvgIpc) is 2.89. The lowest BCUT2D eigenvalue weighted by Gasteiger charge is -1.98. The van der Waals surface area contributed by atoms with Crippen LogP contribution in [0.25, 0.3) is 21.8 Å². The monoisotopic (exact) mass is 287 g/mol. The summed E-state index contributed by atoms with van der Waals surface area (Å²) in [4.78, 5) is 4.60. The van der Waals surface area contributed by atoms with Crippen molar-refractivity contribution in [1.82, 2.24) is 4.98 Å². The molecule has 0 saturated heterocycles. The standard InChI is InChI=1S/C15H10ClNOS/c16-12-3-1-2-11(8-12)14-9-19-15(17-14)10-4-6-13(18)7-5-10/h1-9,18H. The number of aromatic nitrogens is 1. The number of nitrogens with zero attached hydrogens (tertiary/aromatic N) is 1. The van der Waals surface area contributed by atoms with E-state index in [4.69, 9.17) is 11.6 Å². The molecule has 0 spiro atoms. The predicted molar refractivity (Wildman–Crippen MR) is 79.7 cm³/mol. The van der Waals surface area contributed by atoms with Crippen LogP contribution in [0.15, 0.2) is 53.9 Å². The Hall–Kier alpha value is -1.84. The van der Waals surface area contributed by atoms with E-state index in [-0.39, 0.29) is 5.75 Å². The van der Waals surface area contributed by atoms with Crippen molar-refractivity contribution in [3.05, 3.63) is 58.9 Å². The van der Waals surface area contributed by atoms with Gasteiger partial charge in [-0.1, -0.05) is 23.7 Å². The van der Waals surface area contributed by atoms with E-state index in [9.17, 15) is 5.11 Å². The van der Waals surface area contributed by atoms with Crippen molar-refractivity contribution in [2.45, 2.75) is 0 Å². The molecule has 2 aromatic carbocycles. The zero-order valence-corrected chi connectivity index (χ0v) is 11.4. The van der Waals surface area contributed by atoms with Gasteiger partial charge < -0.3 is 5.11 Å². The molecular weight excluding hydrogens is 278 g/mol. The molecule has 0 radical (unpaired) electrons. The molecule has 0 amide bonds. The Morgan fingerprint density at radius 1 is 1.00 bits per heavy atom. The summed E-state index contributed by atoms with van der Waals surface area (Å²) in [5.41, 5.74) is 2.92. The Morgan fingerprint density at radius 3 is 2.53 bits per heavy atom. The number of hydrogen-bond donors (Lipinski definition) is 1. The highest BCUT2D eigenvalue weighted by Gasteiger charge is 2.07. The van der Waals surface area contributed by atoms with Crippen LogP contribution in [0.1, 0.15) is 0 Å². The molecule has 0 bridgehead atoms. The van der Waals surface area contributed by atoms with Crippen LogP contribution < -0.4 is 0 Å². The summed E-state index contributed by atoms with van der Waals surface area (Å²) in [5.74, 6) is 0.260. The normalized spacial score (nSPS) is 10.6. The molecule has 1 aromatic heterocycles. The van der Waals surface area contributed by atoms with Gasteiger partial charge in [-0.15, -0.1) is 11.3 Å². The fourth-order valence-corrected chi connectivity index (χ4v) is 2.82. The van der Waals surface area contributed by atoms with Gasteiger partial charge in [0.1, 0.15) is 10.8 Å². The Balaban J connectivity index is 1.97. The quantitative estimate of drug-likeness (QED) is 0.732. The zero-order chi connectivity index (χ0) is 13.2. The van der Waals surface area contributed by atoms with Gasteiger partial charge in [0.15, 0.2) is 0 Å². The molecule has 4 heteroatoms. The van der Waals surface area contributed by atoms with E-state index in [1.807, 2.05) is 41.8 Å². The van der Waals surface area contributed by atoms with E-state index in [1.165, 1.54) is 0 Å². The van der Waals surface area contributed by atoms with Crippen molar-refractivity contribution in [2.24, 2.45) is 0 Å². The highest BCUT2D eigenvalue weighted by atomic mass is 35.5. The first-order chi connectivity index (χ1) is 9.22. The van der Waals surface area contributed by atoms with Gasteiger partial charge in [-0.25, -0.2) is 4.98 Å². The minimum atomic E-state index is 0.260. The molecule has 94 valence electrons. The highest BCUT2D eigenvalue weighted by Crippen LogP contribution is 2.30. The number of hydrogen-bond acceptors (Lipinski definition) is 3. The highest BCUT2D eigenvalue weighted by molar-refractivity contribution is 7.13. The molecule has 0 unspecified atom stereocenters. The van der Waals surface area contributed by atoms with Crippen LogP contribution in [0.5, 0.6) is 5.75 Å². The number of halogens is 1. The van der Waals surface area contributed by atoms with Gasteiger partial charge in [-0.3, -0.25) is 0 Å². The summed E-state index contributed by atoms with van der Waals surface area (Å²) in [6.07, 6.45) is 0. The zero-order valence-electron chi connectivity index (χ0n) is 9.88. The molecule has 1 heterocycles. The maximum atomic E-state index is 9.29. The van der Waals surface area contributed by atoms with Gasteiger partial charge in [-0.05, 0) is 36.4 Å². The van der Waals surface area contributed by atoms with Crippen molar-refractivity contribution in [3.63, 3.8) is 0 Å². The fourth-order valence-electron chi connectivity index (χ4n) is 1.79. The first-order valence-corrected chi connectivity index (χ1v) is 6.99. The Bertz CT molecular complexity index is 706. The molecule has 0 aliphatic heterocycles. The molecule has 0 aliphatic rings. The Labute approximate surface area is 120 Å². The van der Waals surface area contributed by atoms with Crippen LogP contribution in [0, 0.1) is 0 Å². The van der Waals surface area contributed by atoms with Crippen molar-refractivity contribution in [2.75, 3.05) is 0 Å². The summed E-state index contributed by atoms with van der Waals surface area (Å²) in [7, 11) is 0. The van der Waals surface area contributed by atoms with Crippen LogP contribution in [-0.4, -0.2) is 10.1 Å². The van der Waals surface area contributed by atoms with Crippen LogP contribution in [0.2, 0.25) is 5.02 Å². The molecule has 0 fully saturated rings. The number of phenols is 1. The molecule has 0 atom stereocenters. The van der Waals surface area contributed by atoms with Crippen molar-refractivity contribution in [1.29, 1.82) is 0 Å². The molecule has 0 saturated carbocycles. The van der Waals surface area contributed by atoms with Crippen LogP contribution >= 0.6 is 22.9 Å². The summed E-state index contributed by atoms with van der Waals surface area (Å²) in [5, 5.41) is 12.9. The van der Waals surface area contributed by atoms with Gasteiger partial charge in [0, 0.05) is 21.5 Å². The maximum absolute atomic E-state index is 9.29. The largest absolute Gasteiger partial charge is 0.508 e. The smallest absolute Gasteiger partial charge is 0.124 e. The molecule has 3 aromatic rings. The molecule has 19 heavy (non-hydrogen) atoms. The minimum absolute atomic E-state index is 0.260.